The number of anilines is 1. The maximum Gasteiger partial charge on any atom is 0.282 e. The number of hydrazine groups is 1. The smallest absolute Gasteiger partial charge is 0.282 e. The summed E-state index contributed by atoms with van der Waals surface area (Å²) in [6, 6.07) is 12.8. The SMILES string of the molecule is CCOc1ccc(Br)cc1/C=C1\C(=O)NN(c2ccc(I)cc2)C1=O. The number of benzene rings is 2. The van der Waals surface area contributed by atoms with Crippen LogP contribution >= 0.6 is 38.5 Å². The van der Waals surface area contributed by atoms with Crippen molar-refractivity contribution in [1.29, 1.82) is 0 Å². The molecule has 1 heterocycles. The highest BCUT2D eigenvalue weighted by atomic mass is 127. The Hall–Kier alpha value is -1.87. The molecule has 128 valence electrons. The van der Waals surface area contributed by atoms with Crippen molar-refractivity contribution in [2.45, 2.75) is 6.92 Å². The van der Waals surface area contributed by atoms with E-state index >= 15 is 0 Å². The first-order valence-electron chi connectivity index (χ1n) is 7.54. The van der Waals surface area contributed by atoms with E-state index < -0.39 is 11.8 Å². The van der Waals surface area contributed by atoms with E-state index in [1.54, 1.807) is 24.3 Å². The van der Waals surface area contributed by atoms with E-state index in [1.807, 2.05) is 31.2 Å². The lowest BCUT2D eigenvalue weighted by Gasteiger charge is -2.14. The van der Waals surface area contributed by atoms with Crippen molar-refractivity contribution in [2.75, 3.05) is 11.6 Å². The quantitative estimate of drug-likeness (QED) is 0.384. The average molecular weight is 513 g/mol. The molecule has 0 atom stereocenters. The lowest BCUT2D eigenvalue weighted by Crippen LogP contribution is -2.35. The zero-order valence-electron chi connectivity index (χ0n) is 13.3. The largest absolute Gasteiger partial charge is 0.493 e. The van der Waals surface area contributed by atoms with Gasteiger partial charge in [0.25, 0.3) is 11.8 Å². The van der Waals surface area contributed by atoms with Gasteiger partial charge in [-0.2, -0.15) is 0 Å². The van der Waals surface area contributed by atoms with Crippen LogP contribution in [0.15, 0.2) is 52.5 Å². The molecule has 0 unspecified atom stereocenters. The number of nitrogens with zero attached hydrogens (tertiary/aromatic N) is 1. The highest BCUT2D eigenvalue weighted by Gasteiger charge is 2.34. The van der Waals surface area contributed by atoms with Gasteiger partial charge < -0.3 is 4.74 Å². The van der Waals surface area contributed by atoms with E-state index in [0.717, 1.165) is 8.04 Å². The van der Waals surface area contributed by atoms with Crippen LogP contribution in [0, 0.1) is 3.57 Å². The summed E-state index contributed by atoms with van der Waals surface area (Å²) < 4.78 is 7.46. The molecule has 1 aliphatic heterocycles. The Morgan fingerprint density at radius 3 is 2.60 bits per heavy atom. The van der Waals surface area contributed by atoms with Crippen LogP contribution in [-0.4, -0.2) is 18.4 Å². The van der Waals surface area contributed by atoms with Crippen molar-refractivity contribution in [1.82, 2.24) is 5.43 Å². The van der Waals surface area contributed by atoms with Crippen molar-refractivity contribution < 1.29 is 14.3 Å². The van der Waals surface area contributed by atoms with Crippen LogP contribution in [0.4, 0.5) is 5.69 Å². The summed E-state index contributed by atoms with van der Waals surface area (Å²) >= 11 is 5.58. The highest BCUT2D eigenvalue weighted by molar-refractivity contribution is 14.1. The molecule has 2 aromatic carbocycles. The van der Waals surface area contributed by atoms with Gasteiger partial charge >= 0.3 is 0 Å². The molecule has 25 heavy (non-hydrogen) atoms. The standard InChI is InChI=1S/C18H14BrIN2O3/c1-2-25-16-8-3-12(19)9-11(16)10-15-17(23)21-22(18(15)24)14-6-4-13(20)5-7-14/h3-10H,2H2,1H3,(H,21,23)/b15-10+. The molecule has 2 aromatic rings. The van der Waals surface area contributed by atoms with Crippen LogP contribution in [0.5, 0.6) is 5.75 Å². The molecular formula is C18H14BrIN2O3. The molecule has 0 radical (unpaired) electrons. The van der Waals surface area contributed by atoms with Gasteiger partial charge in [0.2, 0.25) is 0 Å². The van der Waals surface area contributed by atoms with Gasteiger partial charge in [-0.1, -0.05) is 15.9 Å². The average Bonchev–Trinajstić information content (AvgIpc) is 2.86. The predicted octanol–water partition coefficient (Wildman–Crippen LogP) is 3.91. The number of carbonyl (C=O) groups is 2. The normalized spacial score (nSPS) is 15.6. The first-order chi connectivity index (χ1) is 12.0. The van der Waals surface area contributed by atoms with Crippen molar-refractivity contribution in [3.8, 4) is 5.75 Å². The lowest BCUT2D eigenvalue weighted by molar-refractivity contribution is -0.117. The molecule has 1 aliphatic rings. The van der Waals surface area contributed by atoms with Crippen LogP contribution in [0.1, 0.15) is 12.5 Å². The van der Waals surface area contributed by atoms with E-state index in [0.29, 0.717) is 23.6 Å². The number of nitrogens with one attached hydrogen (secondary N) is 1. The number of carbonyl (C=O) groups excluding carboxylic acids is 2. The number of rotatable bonds is 4. The van der Waals surface area contributed by atoms with Gasteiger partial charge in [-0.05, 0) is 78.1 Å². The summed E-state index contributed by atoms with van der Waals surface area (Å²) in [5.74, 6) is -0.217. The maximum absolute atomic E-state index is 12.7. The molecular weight excluding hydrogens is 499 g/mol. The van der Waals surface area contributed by atoms with Gasteiger partial charge in [-0.3, -0.25) is 15.0 Å². The zero-order chi connectivity index (χ0) is 18.0. The van der Waals surface area contributed by atoms with Crippen molar-refractivity contribution in [3.63, 3.8) is 0 Å². The molecule has 3 rings (SSSR count). The first-order valence-corrected chi connectivity index (χ1v) is 9.42. The number of amides is 2. The third kappa shape index (κ3) is 3.87. The third-order valence-electron chi connectivity index (χ3n) is 3.55. The van der Waals surface area contributed by atoms with Gasteiger partial charge in [0.15, 0.2) is 0 Å². The number of hydrogen-bond acceptors (Lipinski definition) is 3. The fraction of sp³-hybridized carbons (Fsp3) is 0.111. The van der Waals surface area contributed by atoms with E-state index in [1.165, 1.54) is 5.01 Å². The Labute approximate surface area is 167 Å². The fourth-order valence-electron chi connectivity index (χ4n) is 2.40. The number of halogens is 2. The summed E-state index contributed by atoms with van der Waals surface area (Å²) in [6.45, 7) is 2.37. The predicted molar refractivity (Wildman–Crippen MR) is 108 cm³/mol. The maximum atomic E-state index is 12.7. The van der Waals surface area contributed by atoms with Crippen LogP contribution < -0.4 is 15.2 Å². The molecule has 0 bridgehead atoms. The molecule has 0 spiro atoms. The number of hydrogen-bond donors (Lipinski definition) is 1. The Kier molecular flexibility index (Phi) is 5.43. The van der Waals surface area contributed by atoms with Crippen LogP contribution in [-0.2, 0) is 9.59 Å². The summed E-state index contributed by atoms with van der Waals surface area (Å²) in [5, 5.41) is 1.25. The molecule has 2 amide bonds. The van der Waals surface area contributed by atoms with Gasteiger partial charge in [0.1, 0.15) is 11.3 Å². The Balaban J connectivity index is 1.96. The molecule has 1 saturated heterocycles. The Bertz CT molecular complexity index is 865. The minimum absolute atomic E-state index is 0.0672. The van der Waals surface area contributed by atoms with Crippen LogP contribution in [0.25, 0.3) is 6.08 Å². The summed E-state index contributed by atoms with van der Waals surface area (Å²) in [4.78, 5) is 25.0. The second kappa shape index (κ2) is 7.57. The lowest BCUT2D eigenvalue weighted by atomic mass is 10.1. The minimum atomic E-state index is -0.439. The molecule has 7 heteroatoms. The number of ether oxygens (including phenoxy) is 1. The second-order valence-electron chi connectivity index (χ2n) is 5.23. The minimum Gasteiger partial charge on any atom is -0.493 e. The van der Waals surface area contributed by atoms with E-state index in [9.17, 15) is 9.59 Å². The van der Waals surface area contributed by atoms with Gasteiger partial charge in [0.05, 0.1) is 12.3 Å². The molecule has 0 aromatic heterocycles. The molecule has 1 N–H and O–H groups in total. The van der Waals surface area contributed by atoms with Crippen molar-refractivity contribution >= 4 is 62.1 Å². The van der Waals surface area contributed by atoms with Crippen molar-refractivity contribution in [3.05, 3.63) is 61.6 Å². The zero-order valence-corrected chi connectivity index (χ0v) is 17.0. The van der Waals surface area contributed by atoms with Gasteiger partial charge in [0, 0.05) is 13.6 Å². The summed E-state index contributed by atoms with van der Waals surface area (Å²) in [7, 11) is 0. The van der Waals surface area contributed by atoms with Crippen LogP contribution in [0.3, 0.4) is 0 Å². The first kappa shape index (κ1) is 17.9. The molecule has 0 aliphatic carbocycles. The topological polar surface area (TPSA) is 58.6 Å². The Morgan fingerprint density at radius 2 is 1.92 bits per heavy atom. The Morgan fingerprint density at radius 1 is 1.20 bits per heavy atom. The summed E-state index contributed by atoms with van der Waals surface area (Å²) in [6.07, 6.45) is 1.56. The highest BCUT2D eigenvalue weighted by Crippen LogP contribution is 2.28. The fourth-order valence-corrected chi connectivity index (χ4v) is 3.14. The van der Waals surface area contributed by atoms with Gasteiger partial charge in [-0.15, -0.1) is 0 Å². The van der Waals surface area contributed by atoms with Gasteiger partial charge in [-0.25, -0.2) is 5.01 Å². The second-order valence-corrected chi connectivity index (χ2v) is 7.39. The monoisotopic (exact) mass is 512 g/mol. The summed E-state index contributed by atoms with van der Waals surface area (Å²) in [5.41, 5.74) is 3.94. The molecule has 1 fully saturated rings. The molecule has 0 saturated carbocycles. The van der Waals surface area contributed by atoms with E-state index in [4.69, 9.17) is 4.74 Å². The van der Waals surface area contributed by atoms with E-state index in [2.05, 4.69) is 43.9 Å². The molecule has 5 nitrogen and oxygen atoms in total. The third-order valence-corrected chi connectivity index (χ3v) is 4.76. The van der Waals surface area contributed by atoms with Crippen LogP contribution in [0.2, 0.25) is 0 Å². The van der Waals surface area contributed by atoms with E-state index in [-0.39, 0.29) is 5.57 Å². The van der Waals surface area contributed by atoms with Crippen molar-refractivity contribution in [2.24, 2.45) is 0 Å².